The van der Waals surface area contributed by atoms with Crippen molar-refractivity contribution in [2.45, 2.75) is 26.4 Å². The third kappa shape index (κ3) is 2.20. The molecule has 16 heavy (non-hydrogen) atoms. The summed E-state index contributed by atoms with van der Waals surface area (Å²) in [7, 11) is 0. The Kier molecular flexibility index (Phi) is 2.88. The summed E-state index contributed by atoms with van der Waals surface area (Å²) < 4.78 is 5.44. The quantitative estimate of drug-likeness (QED) is 0.852. The van der Waals surface area contributed by atoms with Gasteiger partial charge in [-0.15, -0.1) is 0 Å². The zero-order chi connectivity index (χ0) is 11.5. The fraction of sp³-hybridized carbons (Fsp3) is 0.333. The van der Waals surface area contributed by atoms with Crippen LogP contribution in [0.3, 0.4) is 0 Å². The minimum atomic E-state index is -0.146. The van der Waals surface area contributed by atoms with Gasteiger partial charge in [0.1, 0.15) is 5.52 Å². The van der Waals surface area contributed by atoms with Crippen LogP contribution < -0.4 is 5.32 Å². The van der Waals surface area contributed by atoms with Crippen molar-refractivity contribution < 1.29 is 4.42 Å². The van der Waals surface area contributed by atoms with Crippen LogP contribution in [0, 0.1) is 18.3 Å². The first-order valence-electron chi connectivity index (χ1n) is 5.18. The molecular weight excluding hydrogens is 202 g/mol. The Hall–Kier alpha value is -1.86. The maximum absolute atomic E-state index is 8.65. The predicted molar refractivity (Wildman–Crippen MR) is 60.7 cm³/mol. The lowest BCUT2D eigenvalue weighted by atomic mass is 10.2. The summed E-state index contributed by atoms with van der Waals surface area (Å²) in [5, 5.41) is 11.7. The molecule has 1 atom stereocenters. The highest BCUT2D eigenvalue weighted by Gasteiger charge is 2.04. The van der Waals surface area contributed by atoms with E-state index in [2.05, 4.69) is 16.4 Å². The van der Waals surface area contributed by atoms with Gasteiger partial charge in [0.05, 0.1) is 12.1 Å². The number of nitriles is 1. The molecule has 4 heteroatoms. The molecular formula is C12H13N3O. The molecule has 0 aliphatic rings. The number of hydrogen-bond acceptors (Lipinski definition) is 4. The molecule has 0 amide bonds. The molecule has 0 aliphatic heterocycles. The summed E-state index contributed by atoms with van der Waals surface area (Å²) in [6.07, 6.45) is 0. The van der Waals surface area contributed by atoms with Gasteiger partial charge in [0.2, 0.25) is 0 Å². The van der Waals surface area contributed by atoms with E-state index in [0.717, 1.165) is 16.7 Å². The molecule has 2 aromatic rings. The van der Waals surface area contributed by atoms with E-state index in [-0.39, 0.29) is 6.04 Å². The lowest BCUT2D eigenvalue weighted by molar-refractivity contribution is 0.560. The smallest absolute Gasteiger partial charge is 0.192 e. The van der Waals surface area contributed by atoms with Crippen LogP contribution in [-0.2, 0) is 6.54 Å². The predicted octanol–water partition coefficient (Wildman–Crippen LogP) is 2.14. The molecule has 82 valence electrons. The summed E-state index contributed by atoms with van der Waals surface area (Å²) in [4.78, 5) is 4.23. The van der Waals surface area contributed by atoms with Gasteiger partial charge in [-0.1, -0.05) is 6.07 Å². The number of oxazole rings is 1. The monoisotopic (exact) mass is 215 g/mol. The Morgan fingerprint density at radius 3 is 3.12 bits per heavy atom. The van der Waals surface area contributed by atoms with E-state index in [9.17, 15) is 0 Å². The Bertz CT molecular complexity index is 539. The van der Waals surface area contributed by atoms with Crippen molar-refractivity contribution in [3.05, 3.63) is 29.7 Å². The van der Waals surface area contributed by atoms with Gasteiger partial charge in [-0.25, -0.2) is 4.98 Å². The molecule has 0 spiro atoms. The van der Waals surface area contributed by atoms with Crippen molar-refractivity contribution in [1.29, 1.82) is 5.26 Å². The first kappa shape index (κ1) is 10.7. The molecule has 1 unspecified atom stereocenters. The van der Waals surface area contributed by atoms with Gasteiger partial charge in [0.15, 0.2) is 11.5 Å². The highest BCUT2D eigenvalue weighted by molar-refractivity contribution is 5.73. The molecule has 0 bridgehead atoms. The van der Waals surface area contributed by atoms with Gasteiger partial charge in [0, 0.05) is 13.5 Å². The van der Waals surface area contributed by atoms with Gasteiger partial charge >= 0.3 is 0 Å². The topological polar surface area (TPSA) is 61.9 Å². The van der Waals surface area contributed by atoms with E-state index >= 15 is 0 Å². The standard InChI is InChI=1S/C12H13N3O/c1-8(6-13)14-7-10-3-4-11-12(5-10)16-9(2)15-11/h3-5,8,14H,7H2,1-2H3. The van der Waals surface area contributed by atoms with Crippen LogP contribution in [-0.4, -0.2) is 11.0 Å². The minimum absolute atomic E-state index is 0.146. The average molecular weight is 215 g/mol. The maximum atomic E-state index is 8.65. The fourth-order valence-electron chi connectivity index (χ4n) is 1.51. The number of aromatic nitrogens is 1. The molecule has 1 heterocycles. The van der Waals surface area contributed by atoms with Crippen LogP contribution in [0.2, 0.25) is 0 Å². The van der Waals surface area contributed by atoms with Gasteiger partial charge < -0.3 is 4.42 Å². The molecule has 0 aliphatic carbocycles. The number of hydrogen-bond donors (Lipinski definition) is 1. The molecule has 4 nitrogen and oxygen atoms in total. The van der Waals surface area contributed by atoms with Gasteiger partial charge in [-0.2, -0.15) is 5.26 Å². The summed E-state index contributed by atoms with van der Waals surface area (Å²) in [5.41, 5.74) is 2.75. The third-order valence-electron chi connectivity index (χ3n) is 2.37. The summed E-state index contributed by atoms with van der Waals surface area (Å²) >= 11 is 0. The number of nitrogens with zero attached hydrogens (tertiary/aromatic N) is 2. The Morgan fingerprint density at radius 1 is 1.56 bits per heavy atom. The molecule has 0 saturated heterocycles. The Labute approximate surface area is 93.9 Å². The van der Waals surface area contributed by atoms with E-state index in [4.69, 9.17) is 9.68 Å². The zero-order valence-corrected chi connectivity index (χ0v) is 9.32. The number of fused-ring (bicyclic) bond motifs is 1. The second-order valence-corrected chi connectivity index (χ2v) is 3.77. The van der Waals surface area contributed by atoms with E-state index in [0.29, 0.717) is 12.4 Å². The largest absolute Gasteiger partial charge is 0.441 e. The minimum Gasteiger partial charge on any atom is -0.441 e. The average Bonchev–Trinajstić information content (AvgIpc) is 2.65. The van der Waals surface area contributed by atoms with Crippen molar-refractivity contribution in [2.24, 2.45) is 0 Å². The van der Waals surface area contributed by atoms with Crippen LogP contribution >= 0.6 is 0 Å². The number of rotatable bonds is 3. The van der Waals surface area contributed by atoms with Crippen LogP contribution in [0.1, 0.15) is 18.4 Å². The number of benzene rings is 1. The van der Waals surface area contributed by atoms with E-state index < -0.39 is 0 Å². The van der Waals surface area contributed by atoms with Crippen LogP contribution in [0.4, 0.5) is 0 Å². The number of nitrogens with one attached hydrogen (secondary N) is 1. The van der Waals surface area contributed by atoms with Crippen molar-refractivity contribution in [3.63, 3.8) is 0 Å². The molecule has 1 N–H and O–H groups in total. The van der Waals surface area contributed by atoms with Crippen LogP contribution in [0.15, 0.2) is 22.6 Å². The molecule has 1 aromatic carbocycles. The lowest BCUT2D eigenvalue weighted by Gasteiger charge is -2.05. The Balaban J connectivity index is 2.16. The lowest BCUT2D eigenvalue weighted by Crippen LogP contribution is -2.23. The highest BCUT2D eigenvalue weighted by atomic mass is 16.3. The third-order valence-corrected chi connectivity index (χ3v) is 2.37. The molecule has 0 radical (unpaired) electrons. The second-order valence-electron chi connectivity index (χ2n) is 3.77. The molecule has 0 saturated carbocycles. The normalized spacial score (nSPS) is 12.6. The van der Waals surface area contributed by atoms with Crippen LogP contribution in [0.25, 0.3) is 11.1 Å². The first-order chi connectivity index (χ1) is 7.69. The van der Waals surface area contributed by atoms with Crippen LogP contribution in [0.5, 0.6) is 0 Å². The van der Waals surface area contributed by atoms with Crippen molar-refractivity contribution in [3.8, 4) is 6.07 Å². The van der Waals surface area contributed by atoms with Gasteiger partial charge in [-0.3, -0.25) is 5.32 Å². The SMILES string of the molecule is Cc1nc2ccc(CNC(C)C#N)cc2o1. The number of aryl methyl sites for hydroxylation is 1. The van der Waals surface area contributed by atoms with E-state index in [1.807, 2.05) is 32.0 Å². The first-order valence-corrected chi connectivity index (χ1v) is 5.18. The second kappa shape index (κ2) is 4.33. The van der Waals surface area contributed by atoms with E-state index in [1.165, 1.54) is 0 Å². The van der Waals surface area contributed by atoms with E-state index in [1.54, 1.807) is 0 Å². The highest BCUT2D eigenvalue weighted by Crippen LogP contribution is 2.16. The van der Waals surface area contributed by atoms with Gasteiger partial charge in [0.25, 0.3) is 0 Å². The summed E-state index contributed by atoms with van der Waals surface area (Å²) in [6.45, 7) is 4.32. The van der Waals surface area contributed by atoms with Crippen molar-refractivity contribution in [1.82, 2.24) is 10.3 Å². The summed E-state index contributed by atoms with van der Waals surface area (Å²) in [6, 6.07) is 7.85. The fourth-order valence-corrected chi connectivity index (χ4v) is 1.51. The molecule has 1 aromatic heterocycles. The van der Waals surface area contributed by atoms with Gasteiger partial charge in [-0.05, 0) is 24.6 Å². The summed E-state index contributed by atoms with van der Waals surface area (Å²) in [5.74, 6) is 0.672. The Morgan fingerprint density at radius 2 is 2.38 bits per heavy atom. The zero-order valence-electron chi connectivity index (χ0n) is 9.32. The van der Waals surface area contributed by atoms with Crippen molar-refractivity contribution in [2.75, 3.05) is 0 Å². The van der Waals surface area contributed by atoms with Crippen molar-refractivity contribution >= 4 is 11.1 Å². The molecule has 0 fully saturated rings. The molecule has 2 rings (SSSR count). The maximum Gasteiger partial charge on any atom is 0.192 e.